The summed E-state index contributed by atoms with van der Waals surface area (Å²) in [6.45, 7) is 1.03. The molecule has 0 spiro atoms. The average Bonchev–Trinajstić information content (AvgIpc) is 3.67. The molecule has 1 N–H and O–H groups in total. The van der Waals surface area contributed by atoms with Gasteiger partial charge in [-0.05, 0) is 62.2 Å². The van der Waals surface area contributed by atoms with Gasteiger partial charge < -0.3 is 14.5 Å². The zero-order chi connectivity index (χ0) is 31.7. The van der Waals surface area contributed by atoms with E-state index in [0.29, 0.717) is 63.1 Å². The number of alkyl halides is 2. The number of nitrogens with one attached hydrogen (secondary N) is 1. The number of aromatic nitrogens is 6. The number of hydrogen-bond acceptors (Lipinski definition) is 8. The normalized spacial score (nSPS) is 16.3. The van der Waals surface area contributed by atoms with Crippen LogP contribution in [0.1, 0.15) is 44.5 Å². The lowest BCUT2D eigenvalue weighted by molar-refractivity contribution is -0.119. The molecular formula is C31H26ClF2N7O4. The summed E-state index contributed by atoms with van der Waals surface area (Å²) in [5, 5.41) is 15.1. The van der Waals surface area contributed by atoms with Gasteiger partial charge in [-0.25, -0.2) is 14.2 Å². The number of pyridine rings is 1. The summed E-state index contributed by atoms with van der Waals surface area (Å²) in [5.41, 5.74) is 1.85. The summed E-state index contributed by atoms with van der Waals surface area (Å²) < 4.78 is 41.2. The van der Waals surface area contributed by atoms with Crippen molar-refractivity contribution in [1.82, 2.24) is 29.8 Å². The fraction of sp³-hybridized carbons (Fsp3) is 0.226. The predicted octanol–water partition coefficient (Wildman–Crippen LogP) is 6.39. The number of ether oxygens (including phenoxy) is 1. The molecule has 0 radical (unpaired) electrons. The zero-order valence-corrected chi connectivity index (χ0v) is 24.8. The number of benzene rings is 1. The molecule has 0 saturated carbocycles. The topological polar surface area (TPSA) is 130 Å². The SMILES string of the molecule is CCOc1cn(-c2ccc(Cl)cc2-c2ccc(/C3=C/CC[C@@H](C)C(=O)Nc4cnn(C(F)F)c4-c4ccnc3c4)c(=O)o2)nn1. The van der Waals surface area contributed by atoms with Crippen LogP contribution < -0.4 is 15.7 Å². The first-order valence-corrected chi connectivity index (χ1v) is 14.4. The largest absolute Gasteiger partial charge is 0.476 e. The molecule has 0 fully saturated rings. The van der Waals surface area contributed by atoms with Crippen LogP contribution in [0.4, 0.5) is 14.5 Å². The van der Waals surface area contributed by atoms with Gasteiger partial charge in [-0.2, -0.15) is 13.9 Å². The van der Waals surface area contributed by atoms with Crippen LogP contribution in [0.2, 0.25) is 5.02 Å². The number of rotatable bonds is 6. The van der Waals surface area contributed by atoms with Crippen LogP contribution in [0, 0.1) is 5.92 Å². The number of hydrogen-bond donors (Lipinski definition) is 1. The van der Waals surface area contributed by atoms with Gasteiger partial charge in [-0.1, -0.05) is 34.9 Å². The number of halogens is 3. The Hall–Kier alpha value is -5.17. The Kier molecular flexibility index (Phi) is 8.26. The Bertz CT molecular complexity index is 1980. The maximum atomic E-state index is 13.9. The minimum atomic E-state index is -2.96. The first kappa shape index (κ1) is 29.9. The summed E-state index contributed by atoms with van der Waals surface area (Å²) in [7, 11) is 0. The highest BCUT2D eigenvalue weighted by atomic mass is 35.5. The van der Waals surface area contributed by atoms with Gasteiger partial charge in [-0.3, -0.25) is 9.78 Å². The lowest BCUT2D eigenvalue weighted by Gasteiger charge is -2.16. The maximum Gasteiger partial charge on any atom is 0.344 e. The number of fused-ring (bicyclic) bond motifs is 4. The lowest BCUT2D eigenvalue weighted by atomic mass is 9.96. The molecule has 1 amide bonds. The van der Waals surface area contributed by atoms with E-state index in [-0.39, 0.29) is 28.6 Å². The van der Waals surface area contributed by atoms with E-state index in [1.807, 2.05) is 6.92 Å². The maximum absolute atomic E-state index is 13.9. The lowest BCUT2D eigenvalue weighted by Crippen LogP contribution is -2.21. The predicted molar refractivity (Wildman–Crippen MR) is 162 cm³/mol. The van der Waals surface area contributed by atoms with Gasteiger partial charge >= 0.3 is 12.2 Å². The van der Waals surface area contributed by atoms with Gasteiger partial charge in [0, 0.05) is 33.8 Å². The molecule has 0 saturated heterocycles. The Morgan fingerprint density at radius 1 is 1.16 bits per heavy atom. The standard InChI is InChI=1S/C31H26ClF2N7O4/c1-3-44-27-16-40(39-38-27)25-9-7-19(32)14-22(25)26-10-8-21(30(43)45-26)20-6-4-5-17(2)29(42)37-24-15-36-41(31(33)34)28(24)18-11-12-35-23(20)13-18/h6-17,31H,3-5H2,1-2H3,(H,37,42)/b20-6-/t17-/m1/s1. The molecule has 230 valence electrons. The Labute approximate surface area is 260 Å². The van der Waals surface area contributed by atoms with E-state index in [0.717, 1.165) is 0 Å². The smallest absolute Gasteiger partial charge is 0.344 e. The average molecular weight is 634 g/mol. The fourth-order valence-corrected chi connectivity index (χ4v) is 5.25. The molecule has 5 heterocycles. The molecule has 14 heteroatoms. The fourth-order valence-electron chi connectivity index (χ4n) is 5.08. The van der Waals surface area contributed by atoms with Crippen molar-refractivity contribution in [2.75, 3.05) is 11.9 Å². The minimum absolute atomic E-state index is 0.0191. The third-order valence-corrected chi connectivity index (χ3v) is 7.53. The minimum Gasteiger partial charge on any atom is -0.476 e. The van der Waals surface area contributed by atoms with Gasteiger partial charge in [0.05, 0.1) is 47.3 Å². The number of anilines is 1. The van der Waals surface area contributed by atoms with Crippen LogP contribution in [0.25, 0.3) is 33.8 Å². The molecule has 0 aliphatic carbocycles. The summed E-state index contributed by atoms with van der Waals surface area (Å²) >= 11 is 6.32. The van der Waals surface area contributed by atoms with Crippen molar-refractivity contribution in [2.45, 2.75) is 33.2 Å². The molecule has 4 aromatic heterocycles. The molecule has 1 aliphatic heterocycles. The van der Waals surface area contributed by atoms with Crippen molar-refractivity contribution in [3.05, 3.63) is 93.8 Å². The second-order valence-corrected chi connectivity index (χ2v) is 10.7. The van der Waals surface area contributed by atoms with E-state index < -0.39 is 18.1 Å². The van der Waals surface area contributed by atoms with Crippen molar-refractivity contribution < 1.29 is 22.7 Å². The summed E-state index contributed by atoms with van der Waals surface area (Å²) in [5.74, 6) is -0.247. The van der Waals surface area contributed by atoms with Crippen LogP contribution in [0.5, 0.6) is 5.88 Å². The number of carbonyl (C=O) groups excluding carboxylic acids is 1. The van der Waals surface area contributed by atoms with Gasteiger partial charge in [0.15, 0.2) is 0 Å². The van der Waals surface area contributed by atoms with Crippen molar-refractivity contribution in [3.8, 4) is 34.1 Å². The molecule has 6 rings (SSSR count). The van der Waals surface area contributed by atoms with E-state index in [1.54, 1.807) is 55.6 Å². The van der Waals surface area contributed by atoms with E-state index in [1.165, 1.54) is 23.1 Å². The van der Waals surface area contributed by atoms with Crippen molar-refractivity contribution in [2.24, 2.45) is 5.92 Å². The molecule has 0 unspecified atom stereocenters. The van der Waals surface area contributed by atoms with Gasteiger partial charge in [0.25, 0.3) is 5.88 Å². The second kappa shape index (κ2) is 12.4. The molecule has 11 nitrogen and oxygen atoms in total. The van der Waals surface area contributed by atoms with Gasteiger partial charge in [0.1, 0.15) is 5.76 Å². The monoisotopic (exact) mass is 633 g/mol. The van der Waals surface area contributed by atoms with E-state index in [9.17, 15) is 18.4 Å². The van der Waals surface area contributed by atoms with Crippen LogP contribution in [0.15, 0.2) is 76.3 Å². The third-order valence-electron chi connectivity index (χ3n) is 7.29. The zero-order valence-electron chi connectivity index (χ0n) is 24.1. The van der Waals surface area contributed by atoms with E-state index in [4.69, 9.17) is 20.8 Å². The van der Waals surface area contributed by atoms with Crippen LogP contribution in [0.3, 0.4) is 0 Å². The second-order valence-electron chi connectivity index (χ2n) is 10.2. The van der Waals surface area contributed by atoms with Gasteiger partial charge in [-0.15, -0.1) is 0 Å². The van der Waals surface area contributed by atoms with Crippen molar-refractivity contribution >= 4 is 28.8 Å². The van der Waals surface area contributed by atoms with Crippen molar-refractivity contribution in [3.63, 3.8) is 0 Å². The van der Waals surface area contributed by atoms with E-state index in [2.05, 4.69) is 25.7 Å². The highest BCUT2D eigenvalue weighted by Gasteiger charge is 2.24. The molecule has 1 aliphatic rings. The number of carbonyl (C=O) groups is 1. The van der Waals surface area contributed by atoms with E-state index >= 15 is 0 Å². The van der Waals surface area contributed by atoms with Crippen LogP contribution in [-0.4, -0.2) is 42.3 Å². The molecule has 1 aromatic carbocycles. The highest BCUT2D eigenvalue weighted by Crippen LogP contribution is 2.35. The summed E-state index contributed by atoms with van der Waals surface area (Å²) in [4.78, 5) is 31.0. The molecule has 45 heavy (non-hydrogen) atoms. The summed E-state index contributed by atoms with van der Waals surface area (Å²) in [6.07, 6.45) is 6.89. The third kappa shape index (κ3) is 5.98. The first-order chi connectivity index (χ1) is 21.7. The molecular weight excluding hydrogens is 608 g/mol. The first-order valence-electron chi connectivity index (χ1n) is 14.1. The Morgan fingerprint density at radius 3 is 2.78 bits per heavy atom. The number of allylic oxidation sites excluding steroid dienone is 1. The quantitative estimate of drug-likeness (QED) is 0.228. The number of nitrogens with zero attached hydrogens (tertiary/aromatic N) is 6. The Morgan fingerprint density at radius 2 is 2.00 bits per heavy atom. The van der Waals surface area contributed by atoms with Crippen molar-refractivity contribution in [1.29, 1.82) is 0 Å². The summed E-state index contributed by atoms with van der Waals surface area (Å²) in [6, 6.07) is 11.4. The number of amides is 1. The van der Waals surface area contributed by atoms with Gasteiger partial charge in [0.2, 0.25) is 5.91 Å². The Balaban J connectivity index is 1.45. The molecule has 5 aromatic rings. The molecule has 2 bridgehead atoms. The molecule has 1 atom stereocenters. The van der Waals surface area contributed by atoms with Crippen LogP contribution in [-0.2, 0) is 4.79 Å². The highest BCUT2D eigenvalue weighted by molar-refractivity contribution is 6.31. The van der Waals surface area contributed by atoms with Crippen LogP contribution >= 0.6 is 11.6 Å².